The van der Waals surface area contributed by atoms with Crippen molar-refractivity contribution >= 4 is 17.9 Å². The molecule has 0 saturated carbocycles. The van der Waals surface area contributed by atoms with Gasteiger partial charge >= 0.3 is 0 Å². The number of nitrogens with zero attached hydrogens (tertiary/aromatic N) is 5. The van der Waals surface area contributed by atoms with Gasteiger partial charge in [-0.15, -0.1) is 0 Å². The number of halogens is 2. The Morgan fingerprint density at radius 3 is 2.80 bits per heavy atom. The predicted molar refractivity (Wildman–Crippen MR) is 126 cm³/mol. The Bertz CT molecular complexity index is 1180. The first-order valence-electron chi connectivity index (χ1n) is 11.2. The van der Waals surface area contributed by atoms with Crippen LogP contribution in [0.3, 0.4) is 0 Å². The summed E-state index contributed by atoms with van der Waals surface area (Å²) in [6.07, 6.45) is 0.798. The number of amides is 1. The zero-order chi connectivity index (χ0) is 25.1. The zero-order valence-electron chi connectivity index (χ0n) is 19.3. The maximum absolute atomic E-state index is 14.4. The lowest BCUT2D eigenvalue weighted by molar-refractivity contribution is -0.139. The monoisotopic (exact) mass is 483 g/mol. The largest absolute Gasteiger partial charge is 0.370 e. The van der Waals surface area contributed by atoms with Crippen LogP contribution in [0.1, 0.15) is 28.4 Å². The van der Waals surface area contributed by atoms with E-state index in [4.69, 9.17) is 16.4 Å². The minimum atomic E-state index is -0.539. The molecule has 2 aromatic carbocycles. The fourth-order valence-corrected chi connectivity index (χ4v) is 4.65. The van der Waals surface area contributed by atoms with Crippen molar-refractivity contribution in [1.29, 1.82) is 5.26 Å². The number of hydrogen-bond acceptors (Lipinski definition) is 7. The van der Waals surface area contributed by atoms with E-state index in [1.807, 2.05) is 6.07 Å². The first-order chi connectivity index (χ1) is 16.8. The third-order valence-electron chi connectivity index (χ3n) is 6.62. The average Bonchev–Trinajstić information content (AvgIpc) is 2.85. The van der Waals surface area contributed by atoms with Gasteiger partial charge in [-0.25, -0.2) is 14.6 Å². The van der Waals surface area contributed by atoms with Gasteiger partial charge in [0.2, 0.25) is 5.91 Å². The van der Waals surface area contributed by atoms with E-state index in [-0.39, 0.29) is 35.6 Å². The summed E-state index contributed by atoms with van der Waals surface area (Å²) in [6, 6.07) is 9.11. The Morgan fingerprint density at radius 1 is 1.29 bits per heavy atom. The third kappa shape index (κ3) is 5.09. The van der Waals surface area contributed by atoms with Crippen molar-refractivity contribution in [3.63, 3.8) is 0 Å². The van der Waals surface area contributed by atoms with Crippen LogP contribution in [0.4, 0.5) is 14.5 Å². The first-order valence-corrected chi connectivity index (χ1v) is 11.2. The number of hydrazone groups is 1. The highest BCUT2D eigenvalue weighted by Gasteiger charge is 2.36. The lowest BCUT2D eigenvalue weighted by Gasteiger charge is -2.46. The van der Waals surface area contributed by atoms with E-state index in [9.17, 15) is 18.8 Å². The standard InChI is InChI=1S/C24H27F2N7O2/c1-15-19(3-5-22(26)20(15)10-27)23-12-31-6-7-32(11-18(31)13-35-23)24(34)9-16-8-17(2-4-21(16)25)33(29)14-30-28/h2-5,8,14,18,23H,6-7,9,11-13,28-29H2,1H3/b30-14-. The Morgan fingerprint density at radius 2 is 2.06 bits per heavy atom. The Kier molecular flexibility index (Phi) is 7.25. The summed E-state index contributed by atoms with van der Waals surface area (Å²) in [7, 11) is 0. The van der Waals surface area contributed by atoms with Crippen molar-refractivity contribution in [2.45, 2.75) is 25.5 Å². The molecule has 2 atom stereocenters. The SMILES string of the molecule is Cc1c(C2CN3CCN(C(=O)Cc4cc(N(N)/C=N\N)ccc4F)CC3CO2)ccc(F)c1C#N. The molecule has 11 heteroatoms. The molecule has 2 aliphatic heterocycles. The molecular weight excluding hydrogens is 456 g/mol. The van der Waals surface area contributed by atoms with Gasteiger partial charge in [0.1, 0.15) is 24.0 Å². The van der Waals surface area contributed by atoms with Crippen LogP contribution in [0.25, 0.3) is 0 Å². The van der Waals surface area contributed by atoms with E-state index in [2.05, 4.69) is 10.0 Å². The van der Waals surface area contributed by atoms with Gasteiger partial charge in [0.05, 0.1) is 36.4 Å². The maximum atomic E-state index is 14.4. The molecule has 2 heterocycles. The van der Waals surface area contributed by atoms with Crippen LogP contribution in [0.5, 0.6) is 0 Å². The van der Waals surface area contributed by atoms with E-state index in [1.54, 1.807) is 17.9 Å². The van der Waals surface area contributed by atoms with Crippen LogP contribution in [-0.2, 0) is 16.0 Å². The molecule has 2 aliphatic rings. The highest BCUT2D eigenvalue weighted by molar-refractivity contribution is 5.81. The van der Waals surface area contributed by atoms with Crippen molar-refractivity contribution in [2.75, 3.05) is 37.8 Å². The van der Waals surface area contributed by atoms with Crippen molar-refractivity contribution in [1.82, 2.24) is 9.80 Å². The van der Waals surface area contributed by atoms with Gasteiger partial charge in [-0.05, 0) is 47.9 Å². The number of carbonyl (C=O) groups is 1. The van der Waals surface area contributed by atoms with Gasteiger partial charge in [0.15, 0.2) is 0 Å². The maximum Gasteiger partial charge on any atom is 0.227 e. The molecule has 184 valence electrons. The van der Waals surface area contributed by atoms with Crippen LogP contribution in [0, 0.1) is 29.9 Å². The minimum absolute atomic E-state index is 0.00313. The number of hydrogen-bond donors (Lipinski definition) is 2. The molecule has 2 aromatic rings. The van der Waals surface area contributed by atoms with Crippen molar-refractivity contribution in [2.24, 2.45) is 16.8 Å². The molecule has 9 nitrogen and oxygen atoms in total. The van der Waals surface area contributed by atoms with Crippen molar-refractivity contribution < 1.29 is 18.3 Å². The fourth-order valence-electron chi connectivity index (χ4n) is 4.65. The number of nitrogens with two attached hydrogens (primary N) is 2. The zero-order valence-corrected chi connectivity index (χ0v) is 19.3. The summed E-state index contributed by atoms with van der Waals surface area (Å²) in [5, 5.41) is 13.7. The molecule has 35 heavy (non-hydrogen) atoms. The average molecular weight is 484 g/mol. The van der Waals surface area contributed by atoms with Gasteiger partial charge in [0.25, 0.3) is 0 Å². The molecule has 0 radical (unpaired) electrons. The summed E-state index contributed by atoms with van der Waals surface area (Å²) in [4.78, 5) is 16.9. The fraction of sp³-hybridized carbons (Fsp3) is 0.375. The molecule has 1 amide bonds. The molecule has 0 aromatic heterocycles. The van der Waals surface area contributed by atoms with Gasteiger partial charge in [-0.1, -0.05) is 6.07 Å². The number of ether oxygens (including phenoxy) is 1. The number of benzene rings is 2. The lowest BCUT2D eigenvalue weighted by atomic mass is 9.96. The van der Waals surface area contributed by atoms with Gasteiger partial charge in [0, 0.05) is 26.2 Å². The number of fused-ring (bicyclic) bond motifs is 1. The number of anilines is 1. The molecule has 0 aliphatic carbocycles. The number of rotatable bonds is 5. The van der Waals surface area contributed by atoms with Crippen LogP contribution in [0.2, 0.25) is 0 Å². The summed E-state index contributed by atoms with van der Waals surface area (Å²) in [5.41, 5.74) is 2.10. The molecule has 4 rings (SSSR count). The highest BCUT2D eigenvalue weighted by Crippen LogP contribution is 2.31. The van der Waals surface area contributed by atoms with E-state index in [0.29, 0.717) is 44.0 Å². The minimum Gasteiger partial charge on any atom is -0.370 e. The molecular formula is C24H27F2N7O2. The highest BCUT2D eigenvalue weighted by atomic mass is 19.1. The molecule has 4 N–H and O–H groups in total. The summed E-state index contributed by atoms with van der Waals surface area (Å²) in [5.74, 6) is 9.68. The Labute approximate surface area is 202 Å². The molecule has 0 spiro atoms. The van der Waals surface area contributed by atoms with Crippen molar-refractivity contribution in [3.8, 4) is 6.07 Å². The number of piperazine rings is 1. The summed E-state index contributed by atoms with van der Waals surface area (Å²) >= 11 is 0. The quantitative estimate of drug-likeness (QED) is 0.286. The Balaban J connectivity index is 1.40. The van der Waals surface area contributed by atoms with Gasteiger partial charge < -0.3 is 15.5 Å². The normalized spacial score (nSPS) is 20.5. The third-order valence-corrected chi connectivity index (χ3v) is 6.62. The van der Waals surface area contributed by atoms with Crippen LogP contribution >= 0.6 is 0 Å². The van der Waals surface area contributed by atoms with E-state index >= 15 is 0 Å². The number of nitriles is 1. The summed E-state index contributed by atoms with van der Waals surface area (Å²) in [6.45, 7) is 4.28. The molecule has 2 unspecified atom stereocenters. The van der Waals surface area contributed by atoms with Crippen LogP contribution in [-0.4, -0.2) is 60.9 Å². The first kappa shape index (κ1) is 24.5. The number of hydrazine groups is 1. The second-order valence-electron chi connectivity index (χ2n) is 8.68. The lowest BCUT2D eigenvalue weighted by Crippen LogP contribution is -2.59. The molecule has 0 bridgehead atoms. The number of carbonyl (C=O) groups excluding carboxylic acids is 1. The topological polar surface area (TPSA) is 124 Å². The molecule has 2 saturated heterocycles. The molecule has 2 fully saturated rings. The summed E-state index contributed by atoms with van der Waals surface area (Å²) < 4.78 is 34.4. The smallest absolute Gasteiger partial charge is 0.227 e. The van der Waals surface area contributed by atoms with E-state index in [0.717, 1.165) is 10.6 Å². The van der Waals surface area contributed by atoms with Gasteiger partial charge in [-0.2, -0.15) is 10.4 Å². The van der Waals surface area contributed by atoms with E-state index in [1.165, 1.54) is 30.6 Å². The van der Waals surface area contributed by atoms with Crippen LogP contribution < -0.4 is 16.7 Å². The van der Waals surface area contributed by atoms with Crippen molar-refractivity contribution in [3.05, 3.63) is 64.2 Å². The second kappa shape index (κ2) is 10.4. The second-order valence-corrected chi connectivity index (χ2v) is 8.68. The Hall–Kier alpha value is -3.59. The van der Waals surface area contributed by atoms with E-state index < -0.39 is 11.6 Å². The predicted octanol–water partition coefficient (Wildman–Crippen LogP) is 1.55. The number of morpholine rings is 1. The van der Waals surface area contributed by atoms with Crippen LogP contribution in [0.15, 0.2) is 35.4 Å². The van der Waals surface area contributed by atoms with Gasteiger partial charge in [-0.3, -0.25) is 14.7 Å².